The number of hydrogen-bond donors (Lipinski definition) is 2. The van der Waals surface area contributed by atoms with Crippen LogP contribution in [0.1, 0.15) is 17.5 Å². The number of nitrogens with zero attached hydrogens (tertiary/aromatic N) is 1. The number of carbonyl (C=O) groups excluding carboxylic acids is 1. The van der Waals surface area contributed by atoms with Crippen molar-refractivity contribution in [1.29, 1.82) is 5.26 Å². The van der Waals surface area contributed by atoms with Gasteiger partial charge in [0.2, 0.25) is 6.41 Å². The van der Waals surface area contributed by atoms with Gasteiger partial charge in [0.1, 0.15) is 6.04 Å². The van der Waals surface area contributed by atoms with Crippen molar-refractivity contribution in [3.63, 3.8) is 0 Å². The molecule has 1 amide bonds. The minimum absolute atomic E-state index is 0.384. The second-order valence-corrected chi connectivity index (χ2v) is 4.93. The number of rotatable bonds is 8. The van der Waals surface area contributed by atoms with Crippen molar-refractivity contribution >= 4 is 24.1 Å². The van der Waals surface area contributed by atoms with E-state index in [9.17, 15) is 9.59 Å². The number of carboxylic acids is 1. The van der Waals surface area contributed by atoms with Gasteiger partial charge in [-0.2, -0.15) is 17.0 Å². The molecule has 2 N–H and O–H groups in total. The fraction of sp³-hybridized carbons (Fsp3) is 0.308. The lowest BCUT2D eigenvalue weighted by Gasteiger charge is -2.10. The van der Waals surface area contributed by atoms with Gasteiger partial charge in [-0.15, -0.1) is 0 Å². The highest BCUT2D eigenvalue weighted by Crippen LogP contribution is 2.14. The van der Waals surface area contributed by atoms with E-state index in [0.29, 0.717) is 24.1 Å². The molecule has 0 radical (unpaired) electrons. The number of hydrogen-bond acceptors (Lipinski definition) is 4. The van der Waals surface area contributed by atoms with Gasteiger partial charge in [0.05, 0.1) is 11.6 Å². The van der Waals surface area contributed by atoms with Gasteiger partial charge in [-0.05, 0) is 29.9 Å². The van der Waals surface area contributed by atoms with Gasteiger partial charge in [0.25, 0.3) is 0 Å². The third-order valence-electron chi connectivity index (χ3n) is 2.47. The zero-order valence-electron chi connectivity index (χ0n) is 10.2. The van der Waals surface area contributed by atoms with E-state index < -0.39 is 12.0 Å². The van der Waals surface area contributed by atoms with Crippen molar-refractivity contribution in [2.24, 2.45) is 0 Å². The van der Waals surface area contributed by atoms with Crippen LogP contribution in [0.3, 0.4) is 0 Å². The van der Waals surface area contributed by atoms with Gasteiger partial charge in [-0.25, -0.2) is 4.79 Å². The second kappa shape index (κ2) is 8.16. The number of amides is 1. The molecule has 5 nitrogen and oxygen atoms in total. The third-order valence-corrected chi connectivity index (χ3v) is 3.53. The first-order chi connectivity index (χ1) is 9.17. The Morgan fingerprint density at radius 3 is 2.68 bits per heavy atom. The molecule has 100 valence electrons. The number of thioether (sulfide) groups is 1. The van der Waals surface area contributed by atoms with E-state index in [2.05, 4.69) is 5.32 Å². The summed E-state index contributed by atoms with van der Waals surface area (Å²) in [6.07, 6.45) is 0.791. The first-order valence-electron chi connectivity index (χ1n) is 5.66. The molecular formula is C13H14N2O3S. The number of nitriles is 1. The van der Waals surface area contributed by atoms with Crippen LogP contribution in [-0.2, 0) is 15.3 Å². The van der Waals surface area contributed by atoms with Crippen LogP contribution in [0.25, 0.3) is 0 Å². The monoisotopic (exact) mass is 278 g/mol. The van der Waals surface area contributed by atoms with Crippen LogP contribution < -0.4 is 5.32 Å². The van der Waals surface area contributed by atoms with Gasteiger partial charge in [0.15, 0.2) is 0 Å². The average molecular weight is 278 g/mol. The van der Waals surface area contributed by atoms with E-state index in [1.54, 1.807) is 23.9 Å². The molecule has 0 fully saturated rings. The summed E-state index contributed by atoms with van der Waals surface area (Å²) in [5, 5.41) is 19.7. The van der Waals surface area contributed by atoms with Crippen LogP contribution in [0.4, 0.5) is 0 Å². The molecule has 1 rings (SSSR count). The molecule has 19 heavy (non-hydrogen) atoms. The van der Waals surface area contributed by atoms with Crippen LogP contribution in [-0.4, -0.2) is 29.3 Å². The molecule has 1 unspecified atom stereocenters. The summed E-state index contributed by atoms with van der Waals surface area (Å²) < 4.78 is 0. The molecule has 0 saturated heterocycles. The zero-order chi connectivity index (χ0) is 14.1. The number of benzene rings is 1. The van der Waals surface area contributed by atoms with Gasteiger partial charge in [0, 0.05) is 5.75 Å². The largest absolute Gasteiger partial charge is 0.480 e. The highest BCUT2D eigenvalue weighted by Gasteiger charge is 2.15. The average Bonchev–Trinajstić information content (AvgIpc) is 2.42. The van der Waals surface area contributed by atoms with Crippen LogP contribution >= 0.6 is 11.8 Å². The number of carboxylic acid groups (broad SMARTS) is 1. The lowest BCUT2D eigenvalue weighted by atomic mass is 10.2. The van der Waals surface area contributed by atoms with E-state index >= 15 is 0 Å². The summed E-state index contributed by atoms with van der Waals surface area (Å²) in [4.78, 5) is 21.0. The summed E-state index contributed by atoms with van der Waals surface area (Å²) in [6.45, 7) is 0. The summed E-state index contributed by atoms with van der Waals surface area (Å²) >= 11 is 1.59. The Labute approximate surface area is 115 Å². The third kappa shape index (κ3) is 5.44. The molecule has 0 aliphatic carbocycles. The Kier molecular flexibility index (Phi) is 6.47. The molecule has 0 aliphatic heterocycles. The molecule has 1 aromatic carbocycles. The lowest BCUT2D eigenvalue weighted by Crippen LogP contribution is -2.36. The van der Waals surface area contributed by atoms with Gasteiger partial charge < -0.3 is 10.4 Å². The Balaban J connectivity index is 2.31. The maximum atomic E-state index is 10.8. The van der Waals surface area contributed by atoms with E-state index in [-0.39, 0.29) is 0 Å². The van der Waals surface area contributed by atoms with E-state index in [1.807, 2.05) is 18.2 Å². The van der Waals surface area contributed by atoms with Gasteiger partial charge in [-0.3, -0.25) is 4.79 Å². The van der Waals surface area contributed by atoms with Crippen molar-refractivity contribution in [3.8, 4) is 6.07 Å². The topological polar surface area (TPSA) is 90.2 Å². The van der Waals surface area contributed by atoms with E-state index in [0.717, 1.165) is 11.3 Å². The van der Waals surface area contributed by atoms with Gasteiger partial charge >= 0.3 is 5.97 Å². The number of nitrogens with one attached hydrogen (secondary N) is 1. The standard InChI is InChI=1S/C13H14N2O3S/c14-7-10-1-3-11(4-2-10)8-19-6-5-12(13(17)18)15-9-16/h1-4,9,12H,5-6,8H2,(H,15,16)(H,17,18). The second-order valence-electron chi connectivity index (χ2n) is 3.83. The summed E-state index contributed by atoms with van der Waals surface area (Å²) in [5.74, 6) is 0.364. The predicted octanol–water partition coefficient (Wildman–Crippen LogP) is 1.38. The van der Waals surface area contributed by atoms with Crippen LogP contribution in [0.15, 0.2) is 24.3 Å². The molecule has 0 aromatic heterocycles. The van der Waals surface area contributed by atoms with E-state index in [1.165, 1.54) is 0 Å². The molecular weight excluding hydrogens is 264 g/mol. The van der Waals surface area contributed by atoms with Crippen LogP contribution in [0.2, 0.25) is 0 Å². The lowest BCUT2D eigenvalue weighted by molar-refractivity contribution is -0.140. The SMILES string of the molecule is N#Cc1ccc(CSCCC(NC=O)C(=O)O)cc1. The van der Waals surface area contributed by atoms with Crippen LogP contribution in [0, 0.1) is 11.3 Å². The zero-order valence-corrected chi connectivity index (χ0v) is 11.0. The smallest absolute Gasteiger partial charge is 0.326 e. The molecule has 0 heterocycles. The summed E-state index contributed by atoms with van der Waals surface area (Å²) in [7, 11) is 0. The van der Waals surface area contributed by atoms with Gasteiger partial charge in [-0.1, -0.05) is 12.1 Å². The molecule has 6 heteroatoms. The Bertz CT molecular complexity index is 468. The maximum Gasteiger partial charge on any atom is 0.326 e. The quantitative estimate of drug-likeness (QED) is 0.554. The molecule has 0 aliphatic rings. The first-order valence-corrected chi connectivity index (χ1v) is 6.82. The minimum Gasteiger partial charge on any atom is -0.480 e. The first kappa shape index (κ1) is 15.1. The molecule has 0 bridgehead atoms. The number of aliphatic carboxylic acids is 1. The summed E-state index contributed by atoms with van der Waals surface area (Å²) in [6, 6.07) is 8.49. The number of carbonyl (C=O) groups is 2. The Morgan fingerprint density at radius 2 is 2.16 bits per heavy atom. The van der Waals surface area contributed by atoms with E-state index in [4.69, 9.17) is 10.4 Å². The Hall–Kier alpha value is -2.00. The summed E-state index contributed by atoms with van der Waals surface area (Å²) in [5.41, 5.74) is 1.70. The maximum absolute atomic E-state index is 10.8. The molecule has 0 spiro atoms. The van der Waals surface area contributed by atoms with Crippen LogP contribution in [0.5, 0.6) is 0 Å². The molecule has 0 saturated carbocycles. The highest BCUT2D eigenvalue weighted by atomic mass is 32.2. The van der Waals surface area contributed by atoms with Crippen molar-refractivity contribution in [2.75, 3.05) is 5.75 Å². The van der Waals surface area contributed by atoms with Crippen molar-refractivity contribution < 1.29 is 14.7 Å². The fourth-order valence-corrected chi connectivity index (χ4v) is 2.40. The Morgan fingerprint density at radius 1 is 1.47 bits per heavy atom. The molecule has 1 atom stereocenters. The molecule has 1 aromatic rings. The predicted molar refractivity (Wildman–Crippen MR) is 72.6 cm³/mol. The van der Waals surface area contributed by atoms with Crippen molar-refractivity contribution in [2.45, 2.75) is 18.2 Å². The minimum atomic E-state index is -1.02. The fourth-order valence-electron chi connectivity index (χ4n) is 1.43. The highest BCUT2D eigenvalue weighted by molar-refractivity contribution is 7.98. The van der Waals surface area contributed by atoms with Crippen molar-refractivity contribution in [3.05, 3.63) is 35.4 Å². The van der Waals surface area contributed by atoms with Crippen molar-refractivity contribution in [1.82, 2.24) is 5.32 Å². The normalized spacial score (nSPS) is 11.3.